The number of carbonyl (C=O) groups excluding carboxylic acids is 2. The van der Waals surface area contributed by atoms with Gasteiger partial charge in [0.2, 0.25) is 11.8 Å². The fourth-order valence-electron chi connectivity index (χ4n) is 4.11. The molecule has 0 spiro atoms. The van der Waals surface area contributed by atoms with Crippen LogP contribution in [0.15, 0.2) is 0 Å². The first-order valence-corrected chi connectivity index (χ1v) is 9.04. The van der Waals surface area contributed by atoms with Crippen molar-refractivity contribution in [2.24, 2.45) is 11.8 Å². The Morgan fingerprint density at radius 2 is 1.72 bits per heavy atom. The third kappa shape index (κ3) is 4.82. The van der Waals surface area contributed by atoms with E-state index in [1.54, 1.807) is 4.90 Å². The first kappa shape index (κ1) is 20.4. The molecule has 2 amide bonds. The predicted molar refractivity (Wildman–Crippen MR) is 92.9 cm³/mol. The van der Waals surface area contributed by atoms with E-state index in [4.69, 9.17) is 0 Å². The van der Waals surface area contributed by atoms with Gasteiger partial charge >= 0.3 is 0 Å². The van der Waals surface area contributed by atoms with Crippen molar-refractivity contribution in [1.82, 2.24) is 15.1 Å². The number of nitrogens with zero attached hydrogens (tertiary/aromatic N) is 2. The molecular weight excluding hydrogens is 352 g/mol. The minimum atomic E-state index is -2.79. The molecule has 0 aromatic rings. The molecule has 0 aromatic heterocycles. The average Bonchev–Trinajstić information content (AvgIpc) is 2.93. The summed E-state index contributed by atoms with van der Waals surface area (Å²) in [6.45, 7) is 4.39. The fraction of sp³-hybridized carbons (Fsp3) is 0.882. The summed E-state index contributed by atoms with van der Waals surface area (Å²) in [5, 5.41) is 2.62. The summed E-state index contributed by atoms with van der Waals surface area (Å²) >= 11 is 0. The number of piperidine rings is 2. The molecule has 3 aliphatic rings. The highest BCUT2D eigenvalue weighted by Gasteiger charge is 2.44. The predicted octanol–water partition coefficient (Wildman–Crippen LogP) is 1.90. The van der Waals surface area contributed by atoms with Crippen LogP contribution in [0.1, 0.15) is 39.0 Å². The maximum absolute atomic E-state index is 13.2. The molecule has 3 fully saturated rings. The molecule has 0 saturated carbocycles. The van der Waals surface area contributed by atoms with Crippen molar-refractivity contribution in [1.29, 1.82) is 0 Å². The number of hydrogen-bond donors (Lipinski definition) is 1. The van der Waals surface area contributed by atoms with E-state index in [1.807, 2.05) is 4.90 Å². The quantitative estimate of drug-likeness (QED) is 0.797. The fourth-order valence-corrected chi connectivity index (χ4v) is 4.11. The zero-order valence-electron chi connectivity index (χ0n) is 14.7. The molecule has 0 aromatic carbocycles. The summed E-state index contributed by atoms with van der Waals surface area (Å²) in [7, 11) is 0. The van der Waals surface area contributed by atoms with Gasteiger partial charge in [-0.2, -0.15) is 0 Å². The number of halogens is 3. The molecule has 5 nitrogen and oxygen atoms in total. The molecule has 3 saturated heterocycles. The Morgan fingerprint density at radius 1 is 1.04 bits per heavy atom. The third-order valence-electron chi connectivity index (χ3n) is 5.53. The number of likely N-dealkylation sites (tertiary alicyclic amines) is 2. The zero-order chi connectivity index (χ0) is 17.3. The lowest BCUT2D eigenvalue weighted by molar-refractivity contribution is -0.142. The van der Waals surface area contributed by atoms with Gasteiger partial charge in [0.15, 0.2) is 0 Å². The van der Waals surface area contributed by atoms with Crippen LogP contribution in [0.2, 0.25) is 0 Å². The summed E-state index contributed by atoms with van der Waals surface area (Å²) in [5.74, 6) is -2.31. The molecular formula is C17H28ClF2N3O2. The monoisotopic (exact) mass is 379 g/mol. The number of rotatable bonds is 2. The molecule has 3 heterocycles. The number of carbonyl (C=O) groups is 2. The summed E-state index contributed by atoms with van der Waals surface area (Å²) in [4.78, 5) is 28.6. The van der Waals surface area contributed by atoms with Crippen LogP contribution in [-0.2, 0) is 9.59 Å². The minimum absolute atomic E-state index is 0. The van der Waals surface area contributed by atoms with Crippen LogP contribution < -0.4 is 5.32 Å². The van der Waals surface area contributed by atoms with E-state index in [0.29, 0.717) is 31.8 Å². The molecule has 2 unspecified atom stereocenters. The summed E-state index contributed by atoms with van der Waals surface area (Å²) in [6.07, 6.45) is 3.09. The Balaban J connectivity index is 0.00000225. The van der Waals surface area contributed by atoms with Crippen molar-refractivity contribution >= 4 is 24.2 Å². The molecule has 0 radical (unpaired) electrons. The second-order valence-corrected chi connectivity index (χ2v) is 7.62. The standard InChI is InChI=1S/C17H27F2N3O2.ClH/c1-12-3-2-6-22(10-12)15(23)13-4-7-21(8-5-13)16(24)14-9-17(18,19)11-20-14;/h12-14,20H,2-11H2,1H3;1H. The Kier molecular flexibility index (Phi) is 6.65. The average molecular weight is 380 g/mol. The van der Waals surface area contributed by atoms with Crippen molar-refractivity contribution in [2.75, 3.05) is 32.7 Å². The molecule has 144 valence electrons. The van der Waals surface area contributed by atoms with Crippen LogP contribution in [0, 0.1) is 11.8 Å². The molecule has 8 heteroatoms. The second-order valence-electron chi connectivity index (χ2n) is 7.62. The number of hydrogen-bond acceptors (Lipinski definition) is 3. The lowest BCUT2D eigenvalue weighted by Gasteiger charge is -2.37. The Bertz CT molecular complexity index is 476. The van der Waals surface area contributed by atoms with Crippen molar-refractivity contribution in [3.63, 3.8) is 0 Å². The highest BCUT2D eigenvalue weighted by atomic mass is 35.5. The Morgan fingerprint density at radius 3 is 2.28 bits per heavy atom. The van der Waals surface area contributed by atoms with Gasteiger partial charge in [-0.25, -0.2) is 8.78 Å². The number of alkyl halides is 2. The van der Waals surface area contributed by atoms with Crippen LogP contribution in [0.4, 0.5) is 8.78 Å². The Labute approximate surface area is 153 Å². The van der Waals surface area contributed by atoms with Gasteiger partial charge in [0, 0.05) is 38.5 Å². The third-order valence-corrected chi connectivity index (χ3v) is 5.53. The lowest BCUT2D eigenvalue weighted by atomic mass is 9.92. The van der Waals surface area contributed by atoms with Gasteiger partial charge in [0.1, 0.15) is 0 Å². The van der Waals surface area contributed by atoms with E-state index in [0.717, 1.165) is 19.5 Å². The molecule has 3 rings (SSSR count). The van der Waals surface area contributed by atoms with E-state index in [1.165, 1.54) is 6.42 Å². The van der Waals surface area contributed by atoms with Gasteiger partial charge < -0.3 is 9.80 Å². The van der Waals surface area contributed by atoms with E-state index in [2.05, 4.69) is 12.2 Å². The van der Waals surface area contributed by atoms with Crippen LogP contribution >= 0.6 is 12.4 Å². The smallest absolute Gasteiger partial charge is 0.262 e. The normalized spacial score (nSPS) is 30.0. The van der Waals surface area contributed by atoms with Crippen molar-refractivity contribution in [3.8, 4) is 0 Å². The van der Waals surface area contributed by atoms with Gasteiger partial charge in [-0.05, 0) is 31.6 Å². The first-order valence-electron chi connectivity index (χ1n) is 9.04. The van der Waals surface area contributed by atoms with Gasteiger partial charge in [-0.3, -0.25) is 14.9 Å². The zero-order valence-corrected chi connectivity index (χ0v) is 15.5. The van der Waals surface area contributed by atoms with Crippen LogP contribution in [0.5, 0.6) is 0 Å². The largest absolute Gasteiger partial charge is 0.342 e. The summed E-state index contributed by atoms with van der Waals surface area (Å²) in [5.41, 5.74) is 0. The van der Waals surface area contributed by atoms with Crippen molar-refractivity contribution in [3.05, 3.63) is 0 Å². The highest BCUT2D eigenvalue weighted by Crippen LogP contribution is 2.28. The second kappa shape index (κ2) is 8.16. The van der Waals surface area contributed by atoms with E-state index >= 15 is 0 Å². The molecule has 25 heavy (non-hydrogen) atoms. The first-order chi connectivity index (χ1) is 11.4. The number of amides is 2. The molecule has 2 atom stereocenters. The molecule has 1 N–H and O–H groups in total. The lowest BCUT2D eigenvalue weighted by Crippen LogP contribution is -2.50. The minimum Gasteiger partial charge on any atom is -0.342 e. The highest BCUT2D eigenvalue weighted by molar-refractivity contribution is 5.85. The summed E-state index contributed by atoms with van der Waals surface area (Å²) < 4.78 is 26.5. The van der Waals surface area contributed by atoms with E-state index in [9.17, 15) is 18.4 Å². The van der Waals surface area contributed by atoms with Gasteiger partial charge in [-0.1, -0.05) is 6.92 Å². The van der Waals surface area contributed by atoms with Gasteiger partial charge in [0.25, 0.3) is 5.92 Å². The SMILES string of the molecule is CC1CCCN(C(=O)C2CCN(C(=O)C3CC(F)(F)CN3)CC2)C1.Cl. The van der Waals surface area contributed by atoms with Crippen LogP contribution in [-0.4, -0.2) is 66.3 Å². The molecule has 0 aliphatic carbocycles. The maximum atomic E-state index is 13.2. The maximum Gasteiger partial charge on any atom is 0.262 e. The number of nitrogens with one attached hydrogen (secondary N) is 1. The van der Waals surface area contributed by atoms with Crippen molar-refractivity contribution in [2.45, 2.75) is 51.0 Å². The van der Waals surface area contributed by atoms with Gasteiger partial charge in [-0.15, -0.1) is 12.4 Å². The molecule has 0 bridgehead atoms. The van der Waals surface area contributed by atoms with Crippen LogP contribution in [0.25, 0.3) is 0 Å². The van der Waals surface area contributed by atoms with E-state index < -0.39 is 24.9 Å². The topological polar surface area (TPSA) is 52.7 Å². The Hall–Kier alpha value is -0.950. The van der Waals surface area contributed by atoms with Crippen molar-refractivity contribution < 1.29 is 18.4 Å². The summed E-state index contributed by atoms with van der Waals surface area (Å²) in [6, 6.07) is -0.782. The van der Waals surface area contributed by atoms with E-state index in [-0.39, 0.29) is 30.1 Å². The van der Waals surface area contributed by atoms with Gasteiger partial charge in [0.05, 0.1) is 12.6 Å². The van der Waals surface area contributed by atoms with Crippen LogP contribution in [0.3, 0.4) is 0 Å². The molecule has 3 aliphatic heterocycles.